The van der Waals surface area contributed by atoms with Crippen molar-refractivity contribution < 1.29 is 45.8 Å². The van der Waals surface area contributed by atoms with E-state index in [-0.39, 0.29) is 0 Å². The number of carbonyl (C=O) groups excluding carboxylic acids is 2. The van der Waals surface area contributed by atoms with E-state index in [1.165, 1.54) is 13.8 Å². The number of nitrogens with one attached hydrogen (secondary N) is 1. The van der Waals surface area contributed by atoms with Gasteiger partial charge < -0.3 is 19.5 Å². The summed E-state index contributed by atoms with van der Waals surface area (Å²) in [5, 5.41) is 2.08. The summed E-state index contributed by atoms with van der Waals surface area (Å²) in [5.41, 5.74) is -2.64. The van der Waals surface area contributed by atoms with Crippen molar-refractivity contribution in [2.24, 2.45) is 0 Å². The highest BCUT2D eigenvalue weighted by Crippen LogP contribution is 2.37. The smallest absolute Gasteiger partial charge is 0.418 e. The predicted octanol–water partition coefficient (Wildman–Crippen LogP) is 3.44. The first-order valence-electron chi connectivity index (χ1n) is 6.98. The molecule has 0 amide bonds. The van der Waals surface area contributed by atoms with E-state index in [0.717, 1.165) is 0 Å². The summed E-state index contributed by atoms with van der Waals surface area (Å²) in [6, 6.07) is 1.87. The molecule has 0 unspecified atom stereocenters. The molecule has 2 rings (SSSR count). The topological polar surface area (TPSA) is 73.9 Å². The maximum atomic E-state index is 13.0. The highest BCUT2D eigenvalue weighted by molar-refractivity contribution is 6.15. The predicted molar refractivity (Wildman–Crippen MR) is 76.0 cm³/mol. The van der Waals surface area contributed by atoms with Crippen LogP contribution < -0.4 is 10.1 Å². The number of benzene rings is 1. The molecule has 0 atom stereocenters. The normalized spacial score (nSPS) is 16.8. The number of rotatable bonds is 4. The van der Waals surface area contributed by atoms with E-state index in [4.69, 9.17) is 9.47 Å². The van der Waals surface area contributed by atoms with Crippen molar-refractivity contribution in [3.8, 4) is 5.75 Å². The molecule has 1 aromatic rings. The van der Waals surface area contributed by atoms with Gasteiger partial charge in [0.15, 0.2) is 5.57 Å². The number of carbonyl (C=O) groups is 2. The molecule has 1 N–H and O–H groups in total. The number of halogens is 5. The molecule has 1 fully saturated rings. The van der Waals surface area contributed by atoms with Crippen molar-refractivity contribution in [1.82, 2.24) is 0 Å². The fourth-order valence-electron chi connectivity index (χ4n) is 1.99. The van der Waals surface area contributed by atoms with Gasteiger partial charge >= 0.3 is 24.7 Å². The average Bonchev–Trinajstić information content (AvgIpc) is 2.43. The fourth-order valence-corrected chi connectivity index (χ4v) is 1.99. The van der Waals surface area contributed by atoms with Crippen LogP contribution in [-0.4, -0.2) is 24.3 Å². The summed E-state index contributed by atoms with van der Waals surface area (Å²) in [4.78, 5) is 23.5. The highest BCUT2D eigenvalue weighted by Gasteiger charge is 2.39. The Balaban J connectivity index is 2.35. The van der Waals surface area contributed by atoms with Gasteiger partial charge in [-0.2, -0.15) is 22.0 Å². The second-order valence-corrected chi connectivity index (χ2v) is 5.46. The van der Waals surface area contributed by atoms with Crippen molar-refractivity contribution in [3.05, 3.63) is 35.5 Å². The molecule has 1 saturated heterocycles. The SMILES string of the molecule is CC1(C)OC(=O)C(=CNc2cc(OC(F)F)ccc2C(F)(F)F)C(=O)O1. The molecule has 0 aliphatic carbocycles. The third-order valence-electron chi connectivity index (χ3n) is 3.01. The quantitative estimate of drug-likeness (QED) is 0.373. The summed E-state index contributed by atoms with van der Waals surface area (Å²) in [6.07, 6.45) is -4.20. The van der Waals surface area contributed by atoms with Gasteiger partial charge in [-0.3, -0.25) is 0 Å². The van der Waals surface area contributed by atoms with E-state index in [2.05, 4.69) is 10.1 Å². The Labute approximate surface area is 143 Å². The molecule has 6 nitrogen and oxygen atoms in total. The molecule has 11 heteroatoms. The summed E-state index contributed by atoms with van der Waals surface area (Å²) in [7, 11) is 0. The van der Waals surface area contributed by atoms with Gasteiger partial charge in [-0.1, -0.05) is 0 Å². The van der Waals surface area contributed by atoms with Gasteiger partial charge in [0.1, 0.15) is 5.75 Å². The van der Waals surface area contributed by atoms with Crippen molar-refractivity contribution in [2.45, 2.75) is 32.4 Å². The molecular weight excluding hydrogens is 369 g/mol. The first kappa shape index (κ1) is 19.5. The first-order valence-corrected chi connectivity index (χ1v) is 6.98. The Kier molecular flexibility index (Phi) is 5.10. The third kappa shape index (κ3) is 4.61. The maximum absolute atomic E-state index is 13.0. The second-order valence-electron chi connectivity index (χ2n) is 5.46. The van der Waals surface area contributed by atoms with Crippen molar-refractivity contribution in [2.75, 3.05) is 5.32 Å². The number of anilines is 1. The van der Waals surface area contributed by atoms with E-state index < -0.39 is 53.1 Å². The lowest BCUT2D eigenvalue weighted by molar-refractivity contribution is -0.222. The molecule has 26 heavy (non-hydrogen) atoms. The molecular formula is C15H12F5NO5. The molecule has 1 aromatic carbocycles. The maximum Gasteiger partial charge on any atom is 0.418 e. The molecule has 0 aromatic heterocycles. The summed E-state index contributed by atoms with van der Waals surface area (Å²) >= 11 is 0. The van der Waals surface area contributed by atoms with Crippen LogP contribution in [0.15, 0.2) is 30.0 Å². The molecule has 142 valence electrons. The number of alkyl halides is 5. The molecule has 1 heterocycles. The molecule has 0 radical (unpaired) electrons. The summed E-state index contributed by atoms with van der Waals surface area (Å²) < 4.78 is 77.2. The van der Waals surface area contributed by atoms with Crippen LogP contribution in [0.1, 0.15) is 19.4 Å². The number of ether oxygens (including phenoxy) is 3. The van der Waals surface area contributed by atoms with Crippen LogP contribution >= 0.6 is 0 Å². The standard InChI is InChI=1S/C15H12F5NO5/c1-14(2)25-11(22)8(12(23)26-14)6-21-10-5-7(24-13(16)17)3-4-9(10)15(18,19)20/h3-6,13,21H,1-2H3. The number of esters is 2. The van der Waals surface area contributed by atoms with E-state index in [0.29, 0.717) is 24.4 Å². The fraction of sp³-hybridized carbons (Fsp3) is 0.333. The zero-order chi connectivity index (χ0) is 19.7. The minimum absolute atomic E-state index is 0.513. The van der Waals surface area contributed by atoms with Crippen LogP contribution in [0.25, 0.3) is 0 Å². The number of hydrogen-bond donors (Lipinski definition) is 1. The van der Waals surface area contributed by atoms with Gasteiger partial charge in [0.25, 0.3) is 5.79 Å². The monoisotopic (exact) mass is 381 g/mol. The molecule has 0 spiro atoms. The van der Waals surface area contributed by atoms with E-state index >= 15 is 0 Å². The van der Waals surface area contributed by atoms with Crippen LogP contribution in [-0.2, 0) is 25.2 Å². The number of cyclic esters (lactones) is 2. The largest absolute Gasteiger partial charge is 0.435 e. The first-order chi connectivity index (χ1) is 11.9. The van der Waals surface area contributed by atoms with Crippen LogP contribution in [0.3, 0.4) is 0 Å². The Morgan fingerprint density at radius 3 is 2.23 bits per heavy atom. The minimum atomic E-state index is -4.83. The Hall–Kier alpha value is -2.85. The van der Waals surface area contributed by atoms with Gasteiger partial charge in [0.2, 0.25) is 0 Å². The van der Waals surface area contributed by atoms with Crippen molar-refractivity contribution in [1.29, 1.82) is 0 Å². The van der Waals surface area contributed by atoms with Gasteiger partial charge in [-0.15, -0.1) is 0 Å². The molecule has 1 aliphatic heterocycles. The number of hydrogen-bond acceptors (Lipinski definition) is 6. The molecule has 1 aliphatic rings. The molecule has 0 saturated carbocycles. The average molecular weight is 381 g/mol. The van der Waals surface area contributed by atoms with Gasteiger partial charge in [-0.25, -0.2) is 9.59 Å². The summed E-state index contributed by atoms with van der Waals surface area (Å²) in [6.45, 7) is -0.664. The van der Waals surface area contributed by atoms with E-state index in [1.54, 1.807) is 0 Å². The van der Waals surface area contributed by atoms with Gasteiger partial charge in [-0.05, 0) is 12.1 Å². The van der Waals surface area contributed by atoms with Crippen LogP contribution in [0, 0.1) is 0 Å². The van der Waals surface area contributed by atoms with E-state index in [9.17, 15) is 31.5 Å². The lowest BCUT2D eigenvalue weighted by atomic mass is 10.1. The van der Waals surface area contributed by atoms with Gasteiger partial charge in [0.05, 0.1) is 11.3 Å². The van der Waals surface area contributed by atoms with E-state index in [1.807, 2.05) is 0 Å². The van der Waals surface area contributed by atoms with Crippen LogP contribution in [0.2, 0.25) is 0 Å². The van der Waals surface area contributed by atoms with Crippen molar-refractivity contribution >= 4 is 17.6 Å². The zero-order valence-electron chi connectivity index (χ0n) is 13.3. The lowest BCUT2D eigenvalue weighted by Crippen LogP contribution is -2.42. The lowest BCUT2D eigenvalue weighted by Gasteiger charge is -2.29. The summed E-state index contributed by atoms with van der Waals surface area (Å²) in [5.74, 6) is -4.31. The third-order valence-corrected chi connectivity index (χ3v) is 3.01. The Bertz CT molecular complexity index is 735. The van der Waals surface area contributed by atoms with Crippen molar-refractivity contribution in [3.63, 3.8) is 0 Å². The zero-order valence-corrected chi connectivity index (χ0v) is 13.3. The second kappa shape index (κ2) is 6.81. The molecule has 0 bridgehead atoms. The Morgan fingerprint density at radius 2 is 1.73 bits per heavy atom. The highest BCUT2D eigenvalue weighted by atomic mass is 19.4. The van der Waals surface area contributed by atoms with Gasteiger partial charge in [0, 0.05) is 26.1 Å². The van der Waals surface area contributed by atoms with Crippen LogP contribution in [0.5, 0.6) is 5.75 Å². The Morgan fingerprint density at radius 1 is 1.15 bits per heavy atom. The minimum Gasteiger partial charge on any atom is -0.435 e. The van der Waals surface area contributed by atoms with Crippen LogP contribution in [0.4, 0.5) is 27.6 Å².